The van der Waals surface area contributed by atoms with Crippen molar-refractivity contribution in [2.45, 2.75) is 13.0 Å². The molecule has 0 aliphatic carbocycles. The van der Waals surface area contributed by atoms with Gasteiger partial charge in [-0.05, 0) is 19.1 Å². The third-order valence-corrected chi connectivity index (χ3v) is 3.78. The second-order valence-corrected chi connectivity index (χ2v) is 5.36. The Morgan fingerprint density at radius 3 is 2.74 bits per heavy atom. The van der Waals surface area contributed by atoms with Gasteiger partial charge >= 0.3 is 5.97 Å². The first-order valence-electron chi connectivity index (χ1n) is 7.31. The Hall–Kier alpha value is -2.67. The summed E-state index contributed by atoms with van der Waals surface area (Å²) in [5.41, 5.74) is 1.94. The number of rotatable bonds is 3. The van der Waals surface area contributed by atoms with Crippen molar-refractivity contribution in [3.05, 3.63) is 47.8 Å². The fourth-order valence-corrected chi connectivity index (χ4v) is 2.54. The number of nitrogens with zero attached hydrogens (tertiary/aromatic N) is 3. The highest BCUT2D eigenvalue weighted by atomic mass is 16.5. The van der Waals surface area contributed by atoms with Crippen LogP contribution in [0.15, 0.2) is 36.5 Å². The lowest BCUT2D eigenvalue weighted by Crippen LogP contribution is -2.48. The van der Waals surface area contributed by atoms with Crippen LogP contribution in [0.1, 0.15) is 16.1 Å². The summed E-state index contributed by atoms with van der Waals surface area (Å²) in [6, 6.07) is 9.50. The van der Waals surface area contributed by atoms with E-state index in [2.05, 4.69) is 5.10 Å². The predicted molar refractivity (Wildman–Crippen MR) is 81.6 cm³/mol. The lowest BCUT2D eigenvalue weighted by molar-refractivity contribution is -0.154. The number of morpholine rings is 1. The minimum atomic E-state index is -1.06. The Labute approximate surface area is 133 Å². The zero-order chi connectivity index (χ0) is 16.4. The molecule has 0 bridgehead atoms. The first-order valence-corrected chi connectivity index (χ1v) is 7.31. The van der Waals surface area contributed by atoms with E-state index in [-0.39, 0.29) is 19.1 Å². The average molecular weight is 315 g/mol. The van der Waals surface area contributed by atoms with Crippen molar-refractivity contribution in [3.63, 3.8) is 0 Å². The molecule has 2 heterocycles. The summed E-state index contributed by atoms with van der Waals surface area (Å²) in [6.07, 6.45) is 0.704. The lowest BCUT2D eigenvalue weighted by atomic mass is 10.2. The first-order chi connectivity index (χ1) is 11.1. The van der Waals surface area contributed by atoms with E-state index in [4.69, 9.17) is 9.84 Å². The lowest BCUT2D eigenvalue weighted by Gasteiger charge is -2.30. The van der Waals surface area contributed by atoms with Crippen LogP contribution >= 0.6 is 0 Å². The molecule has 7 heteroatoms. The Balaban J connectivity index is 1.83. The normalized spacial score (nSPS) is 18.0. The van der Waals surface area contributed by atoms with E-state index >= 15 is 0 Å². The third-order valence-electron chi connectivity index (χ3n) is 3.78. The van der Waals surface area contributed by atoms with Crippen LogP contribution in [-0.4, -0.2) is 57.5 Å². The summed E-state index contributed by atoms with van der Waals surface area (Å²) >= 11 is 0. The number of aromatic nitrogens is 2. The molecule has 2 aromatic rings. The van der Waals surface area contributed by atoms with Gasteiger partial charge in [-0.3, -0.25) is 4.79 Å². The molecule has 120 valence electrons. The van der Waals surface area contributed by atoms with Crippen LogP contribution in [0.3, 0.4) is 0 Å². The number of carboxylic acids is 1. The highest BCUT2D eigenvalue weighted by Gasteiger charge is 2.30. The van der Waals surface area contributed by atoms with Crippen LogP contribution in [0, 0.1) is 6.92 Å². The molecule has 1 unspecified atom stereocenters. The van der Waals surface area contributed by atoms with Crippen molar-refractivity contribution in [2.75, 3.05) is 19.7 Å². The van der Waals surface area contributed by atoms with Crippen molar-refractivity contribution in [2.24, 2.45) is 0 Å². The van der Waals surface area contributed by atoms with Crippen molar-refractivity contribution < 1.29 is 19.4 Å². The number of aryl methyl sites for hydroxylation is 1. The second-order valence-electron chi connectivity index (χ2n) is 5.36. The number of aliphatic carboxylic acids is 1. The highest BCUT2D eigenvalue weighted by Crippen LogP contribution is 2.16. The number of ether oxygens (including phenoxy) is 1. The van der Waals surface area contributed by atoms with E-state index in [1.165, 1.54) is 4.90 Å². The van der Waals surface area contributed by atoms with Gasteiger partial charge in [0, 0.05) is 12.7 Å². The SMILES string of the molecule is Cc1nn(-c2ccccc2)cc1C(=O)N1CCOC(C(=O)O)C1. The van der Waals surface area contributed by atoms with E-state index in [1.54, 1.807) is 17.8 Å². The molecule has 0 radical (unpaired) electrons. The number of carboxylic acid groups (broad SMARTS) is 1. The maximum atomic E-state index is 12.7. The van der Waals surface area contributed by atoms with Crippen molar-refractivity contribution >= 4 is 11.9 Å². The Morgan fingerprint density at radius 2 is 2.04 bits per heavy atom. The zero-order valence-corrected chi connectivity index (χ0v) is 12.7. The number of hydrogen-bond acceptors (Lipinski definition) is 4. The van der Waals surface area contributed by atoms with Crippen molar-refractivity contribution in [1.29, 1.82) is 0 Å². The van der Waals surface area contributed by atoms with Gasteiger partial charge in [-0.2, -0.15) is 5.10 Å². The van der Waals surface area contributed by atoms with E-state index in [0.717, 1.165) is 5.69 Å². The number of carbonyl (C=O) groups is 2. The number of benzene rings is 1. The molecular weight excluding hydrogens is 298 g/mol. The van der Waals surface area contributed by atoms with Gasteiger partial charge in [0.05, 0.1) is 30.1 Å². The fraction of sp³-hybridized carbons (Fsp3) is 0.312. The molecule has 1 aliphatic rings. The van der Waals surface area contributed by atoms with E-state index < -0.39 is 12.1 Å². The molecule has 23 heavy (non-hydrogen) atoms. The van der Waals surface area contributed by atoms with Crippen LogP contribution in [0.2, 0.25) is 0 Å². The molecule has 0 saturated carbocycles. The van der Waals surface area contributed by atoms with Crippen LogP contribution < -0.4 is 0 Å². The average Bonchev–Trinajstić information content (AvgIpc) is 2.97. The highest BCUT2D eigenvalue weighted by molar-refractivity contribution is 5.95. The molecular formula is C16H17N3O4. The van der Waals surface area contributed by atoms with Crippen LogP contribution in [-0.2, 0) is 9.53 Å². The molecule has 1 fully saturated rings. The van der Waals surface area contributed by atoms with Crippen LogP contribution in [0.4, 0.5) is 0 Å². The van der Waals surface area contributed by atoms with Gasteiger partial charge in [-0.25, -0.2) is 9.48 Å². The zero-order valence-electron chi connectivity index (χ0n) is 12.7. The summed E-state index contributed by atoms with van der Waals surface area (Å²) in [4.78, 5) is 25.2. The summed E-state index contributed by atoms with van der Waals surface area (Å²) in [6.45, 7) is 2.40. The smallest absolute Gasteiger partial charge is 0.334 e. The second kappa shape index (κ2) is 6.21. The molecule has 0 spiro atoms. The van der Waals surface area contributed by atoms with Gasteiger partial charge in [-0.15, -0.1) is 0 Å². The van der Waals surface area contributed by atoms with Crippen LogP contribution in [0.25, 0.3) is 5.69 Å². The number of amides is 1. The van der Waals surface area contributed by atoms with Gasteiger partial charge in [0.15, 0.2) is 6.10 Å². The van der Waals surface area contributed by atoms with E-state index in [1.807, 2.05) is 30.3 Å². The molecule has 1 aliphatic heterocycles. The van der Waals surface area contributed by atoms with Crippen molar-refractivity contribution in [1.82, 2.24) is 14.7 Å². The summed E-state index contributed by atoms with van der Waals surface area (Å²) in [5.74, 6) is -1.28. The van der Waals surface area contributed by atoms with Crippen molar-refractivity contribution in [3.8, 4) is 5.69 Å². The Bertz CT molecular complexity index is 726. The number of para-hydroxylation sites is 1. The molecule has 1 amide bonds. The van der Waals surface area contributed by atoms with E-state index in [0.29, 0.717) is 17.8 Å². The summed E-state index contributed by atoms with van der Waals surface area (Å²) < 4.78 is 6.80. The molecule has 7 nitrogen and oxygen atoms in total. The molecule has 1 atom stereocenters. The largest absolute Gasteiger partial charge is 0.479 e. The first kappa shape index (κ1) is 15.2. The summed E-state index contributed by atoms with van der Waals surface area (Å²) in [5, 5.41) is 13.4. The minimum Gasteiger partial charge on any atom is -0.479 e. The van der Waals surface area contributed by atoms with Crippen LogP contribution in [0.5, 0.6) is 0 Å². The third kappa shape index (κ3) is 3.09. The topological polar surface area (TPSA) is 84.7 Å². The molecule has 1 saturated heterocycles. The summed E-state index contributed by atoms with van der Waals surface area (Å²) in [7, 11) is 0. The molecule has 1 aromatic heterocycles. The van der Waals surface area contributed by atoms with Gasteiger partial charge < -0.3 is 14.7 Å². The molecule has 3 rings (SSSR count). The fourth-order valence-electron chi connectivity index (χ4n) is 2.54. The van der Waals surface area contributed by atoms with Gasteiger partial charge in [0.2, 0.25) is 0 Å². The van der Waals surface area contributed by atoms with Gasteiger partial charge in [0.1, 0.15) is 0 Å². The molecule has 1 aromatic carbocycles. The maximum absolute atomic E-state index is 12.7. The quantitative estimate of drug-likeness (QED) is 0.917. The predicted octanol–water partition coefficient (Wildman–Crippen LogP) is 1.11. The monoisotopic (exact) mass is 315 g/mol. The number of carbonyl (C=O) groups excluding carboxylic acids is 1. The molecule has 1 N–H and O–H groups in total. The Kier molecular flexibility index (Phi) is 4.12. The minimum absolute atomic E-state index is 0.0458. The number of hydrogen-bond donors (Lipinski definition) is 1. The van der Waals surface area contributed by atoms with Gasteiger partial charge in [-0.1, -0.05) is 18.2 Å². The maximum Gasteiger partial charge on any atom is 0.334 e. The Morgan fingerprint density at radius 1 is 1.30 bits per heavy atom. The van der Waals surface area contributed by atoms with E-state index in [9.17, 15) is 9.59 Å². The van der Waals surface area contributed by atoms with Gasteiger partial charge in [0.25, 0.3) is 5.91 Å². The standard InChI is InChI=1S/C16H17N3O4/c1-11-13(9-19(17-11)12-5-3-2-4-6-12)15(20)18-7-8-23-14(10-18)16(21)22/h2-6,9,14H,7-8,10H2,1H3,(H,21,22).